The van der Waals surface area contributed by atoms with Gasteiger partial charge in [0.15, 0.2) is 0 Å². The number of halogens is 1. The van der Waals surface area contributed by atoms with Crippen LogP contribution in [0.2, 0.25) is 0 Å². The van der Waals surface area contributed by atoms with Crippen LogP contribution in [0.15, 0.2) is 42.6 Å². The van der Waals surface area contributed by atoms with E-state index in [1.807, 2.05) is 24.3 Å². The lowest BCUT2D eigenvalue weighted by molar-refractivity contribution is 0.0753. The van der Waals surface area contributed by atoms with Crippen molar-refractivity contribution in [2.24, 2.45) is 5.73 Å². The molecule has 2 unspecified atom stereocenters. The molecule has 0 saturated carbocycles. The number of benzene rings is 1. The predicted octanol–water partition coefficient (Wildman–Crippen LogP) is 2.81. The van der Waals surface area contributed by atoms with Gasteiger partial charge in [-0.15, -0.1) is 0 Å². The molecule has 2 atom stereocenters. The van der Waals surface area contributed by atoms with Crippen molar-refractivity contribution in [1.82, 2.24) is 13.6 Å². The van der Waals surface area contributed by atoms with Crippen LogP contribution in [0.5, 0.6) is 5.88 Å². The molecular formula is C21H27FN4O2S. The molecular weight excluding hydrogens is 391 g/mol. The summed E-state index contributed by atoms with van der Waals surface area (Å²) in [6, 6.07) is 11.0. The molecule has 6 nitrogen and oxygen atoms in total. The largest absolute Gasteiger partial charge is 0.476 e. The minimum atomic E-state index is -0.132. The first-order valence-corrected chi connectivity index (χ1v) is 10.8. The molecule has 2 saturated heterocycles. The van der Waals surface area contributed by atoms with E-state index in [0.717, 1.165) is 50.4 Å². The third-order valence-corrected chi connectivity index (χ3v) is 6.61. The quantitative estimate of drug-likeness (QED) is 0.694. The molecule has 0 amide bonds. The lowest BCUT2D eigenvalue weighted by atomic mass is 9.96. The predicted molar refractivity (Wildman–Crippen MR) is 112 cm³/mol. The highest BCUT2D eigenvalue weighted by molar-refractivity contribution is 7.94. The molecule has 2 aromatic rings. The summed E-state index contributed by atoms with van der Waals surface area (Å²) in [7, 11) is 0. The van der Waals surface area contributed by atoms with E-state index in [1.54, 1.807) is 30.5 Å². The topological polar surface area (TPSA) is 63.9 Å². The zero-order chi connectivity index (χ0) is 20.1. The average molecular weight is 419 g/mol. The second-order valence-electron chi connectivity index (χ2n) is 7.35. The van der Waals surface area contributed by atoms with E-state index in [-0.39, 0.29) is 17.8 Å². The van der Waals surface area contributed by atoms with E-state index in [0.29, 0.717) is 19.0 Å². The molecule has 2 fully saturated rings. The van der Waals surface area contributed by atoms with Crippen LogP contribution in [0.3, 0.4) is 0 Å². The number of hydrogen-bond acceptors (Lipinski definition) is 7. The maximum Gasteiger partial charge on any atom is 0.213 e. The van der Waals surface area contributed by atoms with Crippen LogP contribution in [0.4, 0.5) is 4.39 Å². The van der Waals surface area contributed by atoms with Crippen LogP contribution < -0.4 is 10.5 Å². The lowest BCUT2D eigenvalue weighted by Gasteiger charge is -2.31. The summed E-state index contributed by atoms with van der Waals surface area (Å²) in [6.45, 7) is 5.01. The van der Waals surface area contributed by atoms with E-state index in [4.69, 9.17) is 15.2 Å². The lowest BCUT2D eigenvalue weighted by Crippen LogP contribution is -2.38. The molecule has 1 aromatic heterocycles. The summed E-state index contributed by atoms with van der Waals surface area (Å²) in [5.41, 5.74) is 7.49. The van der Waals surface area contributed by atoms with Gasteiger partial charge >= 0.3 is 0 Å². The summed E-state index contributed by atoms with van der Waals surface area (Å²) < 4.78 is 30.5. The Labute approximate surface area is 175 Å². The Morgan fingerprint density at radius 2 is 2.07 bits per heavy atom. The van der Waals surface area contributed by atoms with Gasteiger partial charge in [-0.3, -0.25) is 0 Å². The number of nitrogens with zero attached hydrogens (tertiary/aromatic N) is 3. The second kappa shape index (κ2) is 9.86. The third-order valence-electron chi connectivity index (χ3n) is 5.36. The molecule has 2 aliphatic rings. The number of rotatable bonds is 7. The van der Waals surface area contributed by atoms with Gasteiger partial charge in [0, 0.05) is 56.5 Å². The van der Waals surface area contributed by atoms with Gasteiger partial charge in [0.05, 0.1) is 19.3 Å². The number of nitrogens with two attached hydrogens (primary N) is 1. The van der Waals surface area contributed by atoms with Crippen LogP contribution in [0.1, 0.15) is 23.5 Å². The van der Waals surface area contributed by atoms with Crippen LogP contribution >= 0.6 is 12.1 Å². The maximum atomic E-state index is 14.4. The van der Waals surface area contributed by atoms with E-state index in [1.165, 1.54) is 0 Å². The van der Waals surface area contributed by atoms with Crippen LogP contribution in [-0.4, -0.2) is 59.1 Å². The van der Waals surface area contributed by atoms with Gasteiger partial charge in [-0.2, -0.15) is 0 Å². The number of ether oxygens (including phenoxy) is 2. The van der Waals surface area contributed by atoms with Crippen molar-refractivity contribution < 1.29 is 13.9 Å². The molecule has 4 rings (SSSR count). The number of pyridine rings is 1. The van der Waals surface area contributed by atoms with E-state index >= 15 is 0 Å². The fraction of sp³-hybridized carbons (Fsp3) is 0.476. The van der Waals surface area contributed by atoms with E-state index in [2.05, 4.69) is 13.6 Å². The maximum absolute atomic E-state index is 14.4. The summed E-state index contributed by atoms with van der Waals surface area (Å²) in [5.74, 6) is 0.591. The molecule has 0 spiro atoms. The Morgan fingerprint density at radius 3 is 2.86 bits per heavy atom. The van der Waals surface area contributed by atoms with Crippen molar-refractivity contribution in [2.75, 3.05) is 39.5 Å². The second-order valence-corrected chi connectivity index (χ2v) is 8.50. The Balaban J connectivity index is 1.45. The Bertz CT molecular complexity index is 806. The van der Waals surface area contributed by atoms with E-state index in [9.17, 15) is 4.39 Å². The summed E-state index contributed by atoms with van der Waals surface area (Å²) in [6.07, 6.45) is 2.56. The highest BCUT2D eigenvalue weighted by Crippen LogP contribution is 2.38. The number of aromatic nitrogens is 1. The average Bonchev–Trinajstić information content (AvgIpc) is 3.16. The Hall–Kier alpha value is -1.71. The SMILES string of the molecule is NCc1ccnc(OCC2CC(c3ccccc3F)CN2SN2CCOCC2)c1. The number of hydrogen-bond donors (Lipinski definition) is 1. The zero-order valence-corrected chi connectivity index (χ0v) is 17.2. The van der Waals surface area contributed by atoms with Gasteiger partial charge in [-0.05, 0) is 29.7 Å². The Morgan fingerprint density at radius 1 is 1.24 bits per heavy atom. The van der Waals surface area contributed by atoms with Crippen LogP contribution in [0.25, 0.3) is 0 Å². The fourth-order valence-electron chi connectivity index (χ4n) is 3.78. The van der Waals surface area contributed by atoms with Crippen molar-refractivity contribution in [3.05, 3.63) is 59.5 Å². The standard InChI is InChI=1S/C21H27FN4O2S/c22-20-4-2-1-3-19(20)17-12-18(15-28-21-11-16(13-23)5-6-24-21)26(14-17)29-25-7-9-27-10-8-25/h1-6,11,17-18H,7-10,12-15,23H2. The van der Waals surface area contributed by atoms with Gasteiger partial charge in [-0.1, -0.05) is 18.2 Å². The van der Waals surface area contributed by atoms with Crippen molar-refractivity contribution in [2.45, 2.75) is 24.9 Å². The van der Waals surface area contributed by atoms with Gasteiger partial charge in [0.1, 0.15) is 12.4 Å². The van der Waals surface area contributed by atoms with Gasteiger partial charge in [0.25, 0.3) is 0 Å². The smallest absolute Gasteiger partial charge is 0.213 e. The molecule has 156 valence electrons. The summed E-state index contributed by atoms with van der Waals surface area (Å²) in [4.78, 5) is 4.29. The molecule has 2 aliphatic heterocycles. The van der Waals surface area contributed by atoms with Crippen LogP contribution in [-0.2, 0) is 11.3 Å². The highest BCUT2D eigenvalue weighted by atomic mass is 32.2. The molecule has 1 aromatic carbocycles. The zero-order valence-electron chi connectivity index (χ0n) is 16.4. The van der Waals surface area contributed by atoms with Crippen LogP contribution in [0, 0.1) is 5.82 Å². The first kappa shape index (κ1) is 20.6. The molecule has 2 N–H and O–H groups in total. The minimum absolute atomic E-state index is 0.132. The number of morpholine rings is 1. The van der Waals surface area contributed by atoms with Gasteiger partial charge in [0.2, 0.25) is 5.88 Å². The Kier molecular flexibility index (Phi) is 6.99. The summed E-state index contributed by atoms with van der Waals surface area (Å²) >= 11 is 1.73. The molecule has 3 heterocycles. The highest BCUT2D eigenvalue weighted by Gasteiger charge is 2.36. The minimum Gasteiger partial charge on any atom is -0.476 e. The van der Waals surface area contributed by atoms with Crippen molar-refractivity contribution in [3.63, 3.8) is 0 Å². The van der Waals surface area contributed by atoms with Gasteiger partial charge < -0.3 is 15.2 Å². The monoisotopic (exact) mass is 418 g/mol. The van der Waals surface area contributed by atoms with E-state index < -0.39 is 0 Å². The fourth-order valence-corrected chi connectivity index (χ4v) is 4.92. The third kappa shape index (κ3) is 5.26. The van der Waals surface area contributed by atoms with Gasteiger partial charge in [-0.25, -0.2) is 18.0 Å². The molecule has 0 bridgehead atoms. The first-order valence-electron chi connectivity index (χ1n) is 10.0. The van der Waals surface area contributed by atoms with Crippen molar-refractivity contribution >= 4 is 12.1 Å². The molecule has 0 radical (unpaired) electrons. The summed E-state index contributed by atoms with van der Waals surface area (Å²) in [5, 5.41) is 0. The van der Waals surface area contributed by atoms with Crippen molar-refractivity contribution in [1.29, 1.82) is 0 Å². The normalized spacial score (nSPS) is 23.4. The molecule has 29 heavy (non-hydrogen) atoms. The first-order chi connectivity index (χ1) is 14.2. The van der Waals surface area contributed by atoms with Crippen molar-refractivity contribution in [3.8, 4) is 5.88 Å². The molecule has 8 heteroatoms. The molecule has 0 aliphatic carbocycles.